The van der Waals surface area contributed by atoms with E-state index in [4.69, 9.17) is 4.74 Å². The molecule has 3 aliphatic heterocycles. The van der Waals surface area contributed by atoms with E-state index < -0.39 is 0 Å². The number of hydrogen-bond donors (Lipinski definition) is 3. The minimum absolute atomic E-state index is 0.00371. The molecule has 2 unspecified atom stereocenters. The number of piperidine rings is 1. The van der Waals surface area contributed by atoms with Gasteiger partial charge in [0.15, 0.2) is 0 Å². The molecule has 3 saturated heterocycles. The highest BCUT2D eigenvalue weighted by Gasteiger charge is 2.42. The van der Waals surface area contributed by atoms with Crippen LogP contribution in [0.4, 0.5) is 10.5 Å². The fraction of sp³-hybridized carbons (Fsp3) is 0.632. The van der Waals surface area contributed by atoms with Gasteiger partial charge in [-0.15, -0.1) is 11.8 Å². The summed E-state index contributed by atoms with van der Waals surface area (Å²) in [6.45, 7) is 6.78. The largest absolute Gasteiger partial charge is 0.375 e. The minimum atomic E-state index is -0.00371. The Kier molecular flexibility index (Phi) is 5.14. The zero-order valence-corrected chi connectivity index (χ0v) is 16.3. The third-order valence-corrected chi connectivity index (χ3v) is 7.54. The van der Waals surface area contributed by atoms with Crippen molar-refractivity contribution in [2.75, 3.05) is 25.0 Å². The number of thioether (sulfide) groups is 1. The van der Waals surface area contributed by atoms with Crippen LogP contribution in [0.3, 0.4) is 0 Å². The number of hydrogen-bond acceptors (Lipinski definition) is 5. The maximum absolute atomic E-state index is 12.7. The molecule has 3 aliphatic rings. The smallest absolute Gasteiger partial charge is 0.321 e. The van der Waals surface area contributed by atoms with Gasteiger partial charge in [-0.05, 0) is 45.2 Å². The highest BCUT2D eigenvalue weighted by Crippen LogP contribution is 2.37. The molecular formula is C19H28N4O2S. The number of nitrogens with zero attached hydrogens (tertiary/aromatic N) is 1. The lowest BCUT2D eigenvalue weighted by Gasteiger charge is -2.47. The topological polar surface area (TPSA) is 65.6 Å². The summed E-state index contributed by atoms with van der Waals surface area (Å²) in [7, 11) is 0. The first-order valence-corrected chi connectivity index (χ1v) is 10.4. The van der Waals surface area contributed by atoms with Crippen molar-refractivity contribution in [3.63, 3.8) is 0 Å². The maximum atomic E-state index is 12.7. The van der Waals surface area contributed by atoms with Gasteiger partial charge in [0, 0.05) is 35.3 Å². The fourth-order valence-corrected chi connectivity index (χ4v) is 5.22. The van der Waals surface area contributed by atoms with Gasteiger partial charge in [0.25, 0.3) is 0 Å². The summed E-state index contributed by atoms with van der Waals surface area (Å²) < 4.78 is 5.75. The first kappa shape index (κ1) is 18.1. The van der Waals surface area contributed by atoms with Crippen molar-refractivity contribution >= 4 is 23.5 Å². The Labute approximate surface area is 159 Å². The van der Waals surface area contributed by atoms with Crippen LogP contribution in [0.25, 0.3) is 0 Å². The van der Waals surface area contributed by atoms with E-state index in [1.807, 2.05) is 34.9 Å². The monoisotopic (exact) mass is 376 g/mol. The molecule has 2 atom stereocenters. The average Bonchev–Trinajstić information content (AvgIpc) is 2.94. The first-order chi connectivity index (χ1) is 12.6. The van der Waals surface area contributed by atoms with E-state index in [-0.39, 0.29) is 11.6 Å². The van der Waals surface area contributed by atoms with E-state index in [1.54, 1.807) is 0 Å². The Hall–Kier alpha value is -1.28. The van der Waals surface area contributed by atoms with Crippen molar-refractivity contribution in [3.05, 3.63) is 24.3 Å². The van der Waals surface area contributed by atoms with Gasteiger partial charge in [-0.25, -0.2) is 4.79 Å². The summed E-state index contributed by atoms with van der Waals surface area (Å²) in [4.78, 5) is 15.8. The van der Waals surface area contributed by atoms with Crippen LogP contribution in [-0.2, 0) is 4.74 Å². The third-order valence-electron chi connectivity index (χ3n) is 5.84. The number of carbonyl (C=O) groups is 1. The predicted molar refractivity (Wildman–Crippen MR) is 104 cm³/mol. The number of rotatable bonds is 3. The summed E-state index contributed by atoms with van der Waals surface area (Å²) >= 11 is 1.82. The Morgan fingerprint density at radius 3 is 2.46 bits per heavy atom. The second-order valence-electron chi connectivity index (χ2n) is 7.64. The average molecular weight is 377 g/mol. The molecule has 0 saturated carbocycles. The molecule has 7 heteroatoms. The summed E-state index contributed by atoms with van der Waals surface area (Å²) in [5.41, 5.74) is 7.55. The van der Waals surface area contributed by atoms with Crippen molar-refractivity contribution in [2.45, 2.75) is 60.9 Å². The van der Waals surface area contributed by atoms with Crippen molar-refractivity contribution in [3.8, 4) is 0 Å². The van der Waals surface area contributed by atoms with Gasteiger partial charge in [0.2, 0.25) is 0 Å². The van der Waals surface area contributed by atoms with Crippen molar-refractivity contribution < 1.29 is 9.53 Å². The van der Waals surface area contributed by atoms with Crippen molar-refractivity contribution in [1.29, 1.82) is 0 Å². The SMILES string of the molecule is CC1NNC(C)C1Sc1ccccc1NC(=O)N1CCC2(CCO2)CC1. The van der Waals surface area contributed by atoms with Crippen molar-refractivity contribution in [2.24, 2.45) is 0 Å². The zero-order chi connectivity index (χ0) is 18.1. The number of nitrogens with one attached hydrogen (secondary N) is 3. The van der Waals surface area contributed by atoms with Gasteiger partial charge in [0.1, 0.15) is 0 Å². The number of urea groups is 1. The Morgan fingerprint density at radius 2 is 1.85 bits per heavy atom. The van der Waals surface area contributed by atoms with Gasteiger partial charge in [-0.3, -0.25) is 10.9 Å². The lowest BCUT2D eigenvalue weighted by atomic mass is 9.84. The maximum Gasteiger partial charge on any atom is 0.321 e. The summed E-state index contributed by atoms with van der Waals surface area (Å²) in [5, 5.41) is 3.55. The van der Waals surface area contributed by atoms with E-state index in [2.05, 4.69) is 36.1 Å². The molecular weight excluding hydrogens is 348 g/mol. The van der Waals surface area contributed by atoms with E-state index in [1.165, 1.54) is 0 Å². The molecule has 0 aromatic heterocycles. The quantitative estimate of drug-likeness (QED) is 0.757. The number of amides is 2. The molecule has 0 bridgehead atoms. The first-order valence-electron chi connectivity index (χ1n) is 9.53. The summed E-state index contributed by atoms with van der Waals surface area (Å²) in [6, 6.07) is 8.83. The molecule has 1 aromatic carbocycles. The number of para-hydroxylation sites is 1. The van der Waals surface area contributed by atoms with E-state index in [0.29, 0.717) is 17.3 Å². The molecule has 4 rings (SSSR count). The number of hydrazine groups is 1. The highest BCUT2D eigenvalue weighted by molar-refractivity contribution is 8.00. The van der Waals surface area contributed by atoms with Crippen LogP contribution >= 0.6 is 11.8 Å². The standard InChI is InChI=1S/C19H28N4O2S/c1-13-17(14(2)22-21-13)26-16-6-4-3-5-15(16)20-18(24)23-10-7-19(8-11-23)9-12-25-19/h3-6,13-14,17,21-22H,7-12H2,1-2H3,(H,20,24). The van der Waals surface area contributed by atoms with Gasteiger partial charge < -0.3 is 15.0 Å². The number of benzene rings is 1. The Balaban J connectivity index is 1.39. The second-order valence-corrected chi connectivity index (χ2v) is 8.86. The van der Waals surface area contributed by atoms with Gasteiger partial charge in [-0.1, -0.05) is 12.1 Å². The van der Waals surface area contributed by atoms with Crippen LogP contribution in [0.1, 0.15) is 33.1 Å². The minimum Gasteiger partial charge on any atom is -0.375 e. The van der Waals surface area contributed by atoms with E-state index in [9.17, 15) is 4.79 Å². The number of ether oxygens (including phenoxy) is 1. The lowest BCUT2D eigenvalue weighted by molar-refractivity contribution is -0.168. The molecule has 3 N–H and O–H groups in total. The highest BCUT2D eigenvalue weighted by atomic mass is 32.2. The van der Waals surface area contributed by atoms with Crippen LogP contribution < -0.4 is 16.2 Å². The molecule has 6 nitrogen and oxygen atoms in total. The Bertz CT molecular complexity index is 647. The van der Waals surface area contributed by atoms with E-state index in [0.717, 1.165) is 49.5 Å². The molecule has 142 valence electrons. The van der Waals surface area contributed by atoms with E-state index >= 15 is 0 Å². The summed E-state index contributed by atoms with van der Waals surface area (Å²) in [5.74, 6) is 0. The molecule has 2 amide bonds. The lowest BCUT2D eigenvalue weighted by Crippen LogP contribution is -2.54. The normalized spacial score (nSPS) is 30.2. The molecule has 26 heavy (non-hydrogen) atoms. The molecule has 1 aromatic rings. The number of carbonyl (C=O) groups excluding carboxylic acids is 1. The molecule has 3 fully saturated rings. The fourth-order valence-electron chi connectivity index (χ4n) is 3.98. The molecule has 3 heterocycles. The zero-order valence-electron chi connectivity index (χ0n) is 15.5. The summed E-state index contributed by atoms with van der Waals surface area (Å²) in [6.07, 6.45) is 3.04. The van der Waals surface area contributed by atoms with Crippen LogP contribution in [0.5, 0.6) is 0 Å². The van der Waals surface area contributed by atoms with Gasteiger partial charge in [-0.2, -0.15) is 0 Å². The van der Waals surface area contributed by atoms with Gasteiger partial charge >= 0.3 is 6.03 Å². The van der Waals surface area contributed by atoms with Crippen molar-refractivity contribution in [1.82, 2.24) is 15.8 Å². The van der Waals surface area contributed by atoms with Crippen LogP contribution in [0.15, 0.2) is 29.2 Å². The molecule has 0 aliphatic carbocycles. The Morgan fingerprint density at radius 1 is 1.19 bits per heavy atom. The van der Waals surface area contributed by atoms with Gasteiger partial charge in [0.05, 0.1) is 17.9 Å². The van der Waals surface area contributed by atoms with Crippen LogP contribution in [-0.4, -0.2) is 53.6 Å². The number of likely N-dealkylation sites (tertiary alicyclic amines) is 1. The number of anilines is 1. The van der Waals surface area contributed by atoms with Crippen LogP contribution in [0, 0.1) is 0 Å². The molecule has 1 spiro atoms. The third kappa shape index (κ3) is 3.58. The predicted octanol–water partition coefficient (Wildman–Crippen LogP) is 2.82. The van der Waals surface area contributed by atoms with Crippen LogP contribution in [0.2, 0.25) is 0 Å². The molecule has 0 radical (unpaired) electrons. The second kappa shape index (κ2) is 7.38.